The molecule has 0 N–H and O–H groups in total. The van der Waals surface area contributed by atoms with Crippen LogP contribution in [0.1, 0.15) is 38.9 Å². The Balaban J connectivity index is 1.09. The SMILES string of the molecule is CO[C@@H]1OC(COCc2ccccc2)[C@H](OCc2ccccc2)C(OCc2ccccc2)C1O[C@@H]1OC(COCc2ccccc2)[C@H](OCc2ccccc2)C(OCc2ccccc2)C1OCc1ccccc1. The van der Waals surface area contributed by atoms with Gasteiger partial charge < -0.3 is 52.1 Å². The summed E-state index contributed by atoms with van der Waals surface area (Å²) in [5, 5.41) is 0. The molecule has 2 aliphatic heterocycles. The van der Waals surface area contributed by atoms with Crippen LogP contribution in [0, 0.1) is 0 Å². The molecule has 9 rings (SSSR count). The van der Waals surface area contributed by atoms with E-state index >= 15 is 0 Å². The number of ether oxygens (including phenoxy) is 11. The lowest BCUT2D eigenvalue weighted by Gasteiger charge is -2.50. The molecular formula is C62H66O11. The molecule has 0 saturated carbocycles. The first-order valence-corrected chi connectivity index (χ1v) is 25.2. The Morgan fingerprint density at radius 1 is 0.288 bits per heavy atom. The van der Waals surface area contributed by atoms with Crippen molar-refractivity contribution in [3.63, 3.8) is 0 Å². The fraction of sp³-hybridized carbons (Fsp3) is 0.323. The predicted molar refractivity (Wildman–Crippen MR) is 276 cm³/mol. The number of hydrogen-bond donors (Lipinski definition) is 0. The molecule has 73 heavy (non-hydrogen) atoms. The molecule has 7 aromatic carbocycles. The molecule has 0 bridgehead atoms. The summed E-state index contributed by atoms with van der Waals surface area (Å²) in [5.74, 6) is 0. The van der Waals surface area contributed by atoms with Gasteiger partial charge in [-0.15, -0.1) is 0 Å². The molecule has 6 unspecified atom stereocenters. The molecular weight excluding hydrogens is 921 g/mol. The van der Waals surface area contributed by atoms with Crippen molar-refractivity contribution >= 4 is 0 Å². The van der Waals surface area contributed by atoms with Crippen LogP contribution in [0.3, 0.4) is 0 Å². The fourth-order valence-electron chi connectivity index (χ4n) is 9.15. The molecule has 2 saturated heterocycles. The third-order valence-electron chi connectivity index (χ3n) is 12.9. The van der Waals surface area contributed by atoms with Gasteiger partial charge in [-0.1, -0.05) is 212 Å². The monoisotopic (exact) mass is 986 g/mol. The van der Waals surface area contributed by atoms with Gasteiger partial charge in [0.05, 0.1) is 59.5 Å². The van der Waals surface area contributed by atoms with Crippen molar-refractivity contribution in [1.29, 1.82) is 0 Å². The Kier molecular flexibility index (Phi) is 19.9. The second-order valence-electron chi connectivity index (χ2n) is 18.2. The van der Waals surface area contributed by atoms with Crippen molar-refractivity contribution in [3.8, 4) is 0 Å². The predicted octanol–water partition coefficient (Wildman–Crippen LogP) is 10.8. The number of benzene rings is 7. The van der Waals surface area contributed by atoms with Crippen molar-refractivity contribution < 1.29 is 52.1 Å². The summed E-state index contributed by atoms with van der Waals surface area (Å²) < 4.78 is 75.8. The summed E-state index contributed by atoms with van der Waals surface area (Å²) >= 11 is 0. The fourth-order valence-corrected chi connectivity index (χ4v) is 9.15. The molecule has 10 atom stereocenters. The van der Waals surface area contributed by atoms with Crippen LogP contribution in [0.4, 0.5) is 0 Å². The third kappa shape index (κ3) is 15.3. The van der Waals surface area contributed by atoms with Crippen molar-refractivity contribution in [2.75, 3.05) is 20.3 Å². The van der Waals surface area contributed by atoms with Gasteiger partial charge in [-0.3, -0.25) is 0 Å². The maximum absolute atomic E-state index is 7.40. The highest BCUT2D eigenvalue weighted by Crippen LogP contribution is 2.37. The van der Waals surface area contributed by atoms with Crippen molar-refractivity contribution in [2.24, 2.45) is 0 Å². The van der Waals surface area contributed by atoms with Gasteiger partial charge in [0, 0.05) is 7.11 Å². The molecule has 0 aliphatic carbocycles. The second-order valence-corrected chi connectivity index (χ2v) is 18.2. The van der Waals surface area contributed by atoms with Gasteiger partial charge in [0.25, 0.3) is 0 Å². The minimum absolute atomic E-state index is 0.150. The van der Waals surface area contributed by atoms with Gasteiger partial charge in [-0.05, 0) is 38.9 Å². The van der Waals surface area contributed by atoms with Gasteiger partial charge in [0.15, 0.2) is 12.6 Å². The average Bonchev–Trinajstić information content (AvgIpc) is 3.45. The Hall–Kier alpha value is -5.90. The average molecular weight is 987 g/mol. The van der Waals surface area contributed by atoms with Crippen LogP contribution in [-0.2, 0) is 98.4 Å². The Labute approximate surface area is 429 Å². The summed E-state index contributed by atoms with van der Waals surface area (Å²) in [4.78, 5) is 0. The molecule has 2 heterocycles. The minimum atomic E-state index is -1.10. The van der Waals surface area contributed by atoms with Crippen LogP contribution in [0.5, 0.6) is 0 Å². The summed E-state index contributed by atoms with van der Waals surface area (Å²) in [7, 11) is 1.60. The number of rotatable bonds is 26. The van der Waals surface area contributed by atoms with E-state index in [2.05, 4.69) is 0 Å². The smallest absolute Gasteiger partial charge is 0.187 e. The summed E-state index contributed by atoms with van der Waals surface area (Å²) in [6.07, 6.45) is -8.11. The summed E-state index contributed by atoms with van der Waals surface area (Å²) in [6.45, 7) is 2.38. The lowest BCUT2D eigenvalue weighted by molar-refractivity contribution is -0.381. The molecule has 7 aromatic rings. The topological polar surface area (TPSA) is 102 Å². The van der Waals surface area contributed by atoms with Crippen LogP contribution in [0.15, 0.2) is 212 Å². The Morgan fingerprint density at radius 3 is 0.863 bits per heavy atom. The number of hydrogen-bond acceptors (Lipinski definition) is 11. The molecule has 0 radical (unpaired) electrons. The molecule has 2 aliphatic rings. The normalized spacial score (nSPS) is 24.0. The van der Waals surface area contributed by atoms with Gasteiger partial charge in [0.2, 0.25) is 0 Å². The van der Waals surface area contributed by atoms with Gasteiger partial charge in [-0.2, -0.15) is 0 Å². The van der Waals surface area contributed by atoms with E-state index in [1.807, 2.05) is 212 Å². The molecule has 380 valence electrons. The maximum Gasteiger partial charge on any atom is 0.187 e. The van der Waals surface area contributed by atoms with E-state index in [0.717, 1.165) is 38.9 Å². The summed E-state index contributed by atoms with van der Waals surface area (Å²) in [5.41, 5.74) is 6.97. The lowest BCUT2D eigenvalue weighted by atomic mass is 9.96. The highest BCUT2D eigenvalue weighted by molar-refractivity contribution is 5.19. The maximum atomic E-state index is 7.40. The molecule has 11 nitrogen and oxygen atoms in total. The van der Waals surface area contributed by atoms with Crippen LogP contribution < -0.4 is 0 Å². The highest BCUT2D eigenvalue weighted by atomic mass is 16.8. The molecule has 0 amide bonds. The van der Waals surface area contributed by atoms with E-state index in [1.165, 1.54) is 0 Å². The largest absolute Gasteiger partial charge is 0.374 e. The van der Waals surface area contributed by atoms with Gasteiger partial charge >= 0.3 is 0 Å². The first kappa shape index (κ1) is 52.0. The van der Waals surface area contributed by atoms with E-state index in [0.29, 0.717) is 13.2 Å². The molecule has 2 fully saturated rings. The molecule has 11 heteroatoms. The zero-order valence-corrected chi connectivity index (χ0v) is 41.3. The van der Waals surface area contributed by atoms with Crippen molar-refractivity contribution in [1.82, 2.24) is 0 Å². The van der Waals surface area contributed by atoms with Crippen molar-refractivity contribution in [2.45, 2.75) is 108 Å². The van der Waals surface area contributed by atoms with E-state index in [-0.39, 0.29) is 46.2 Å². The standard InChI is InChI=1S/C62H66O11/c1-63-61-60(58(69-42-51-33-19-7-20-34-51)56(67-40-49-29-15-5-16-30-49)53(71-61)44-64-37-46-23-9-2-10-24-46)73-62-59(70-43-52-35-21-8-22-36-52)57(68-41-50-31-17-6-18-32-50)55(66-39-48-27-13-4-14-28-48)54(72-62)45-65-38-47-25-11-3-12-26-47/h2-36,53-62H,37-45H2,1H3/t53?,54?,55-,56-,57?,58?,59?,60?,61+,62-/m0/s1. The minimum Gasteiger partial charge on any atom is -0.374 e. The van der Waals surface area contributed by atoms with Crippen LogP contribution >= 0.6 is 0 Å². The third-order valence-corrected chi connectivity index (χ3v) is 12.9. The van der Waals surface area contributed by atoms with Crippen LogP contribution in [0.25, 0.3) is 0 Å². The zero-order valence-electron chi connectivity index (χ0n) is 41.3. The highest BCUT2D eigenvalue weighted by Gasteiger charge is 2.54. The second kappa shape index (κ2) is 28.0. The van der Waals surface area contributed by atoms with Gasteiger partial charge in [0.1, 0.15) is 48.8 Å². The van der Waals surface area contributed by atoms with E-state index in [9.17, 15) is 0 Å². The van der Waals surface area contributed by atoms with Gasteiger partial charge in [-0.25, -0.2) is 0 Å². The van der Waals surface area contributed by atoms with Crippen LogP contribution in [-0.4, -0.2) is 81.7 Å². The molecule has 0 spiro atoms. The van der Waals surface area contributed by atoms with E-state index in [4.69, 9.17) is 52.1 Å². The Bertz CT molecular complexity index is 2560. The first-order chi connectivity index (χ1) is 36.2. The van der Waals surface area contributed by atoms with Crippen molar-refractivity contribution in [3.05, 3.63) is 251 Å². The zero-order chi connectivity index (χ0) is 49.7. The first-order valence-electron chi connectivity index (χ1n) is 25.2. The van der Waals surface area contributed by atoms with E-state index in [1.54, 1.807) is 7.11 Å². The Morgan fingerprint density at radius 2 is 0.548 bits per heavy atom. The number of methoxy groups -OCH3 is 1. The summed E-state index contributed by atoms with van der Waals surface area (Å²) in [6, 6.07) is 70.4. The van der Waals surface area contributed by atoms with Crippen LogP contribution in [0.2, 0.25) is 0 Å². The quantitative estimate of drug-likeness (QED) is 0.0518. The lowest BCUT2D eigenvalue weighted by Crippen LogP contribution is -2.66. The van der Waals surface area contributed by atoms with E-state index < -0.39 is 61.4 Å². The molecule has 0 aromatic heterocycles.